The predicted molar refractivity (Wildman–Crippen MR) is 165 cm³/mol. The lowest BCUT2D eigenvalue weighted by Gasteiger charge is -2.31. The van der Waals surface area contributed by atoms with Gasteiger partial charge in [0.2, 0.25) is 5.95 Å². The minimum atomic E-state index is -0.591. The second-order valence-electron chi connectivity index (χ2n) is 9.99. The number of morpholine rings is 1. The van der Waals surface area contributed by atoms with E-state index in [2.05, 4.69) is 53.9 Å². The lowest BCUT2D eigenvalue weighted by Crippen LogP contribution is -2.36. The third-order valence-corrected chi connectivity index (χ3v) is 8.34. The van der Waals surface area contributed by atoms with E-state index >= 15 is 4.39 Å². The highest BCUT2D eigenvalue weighted by Crippen LogP contribution is 2.41. The molecule has 1 aliphatic rings. The molecule has 2 aromatic carbocycles. The standard InChI is InChI=1S/C29H31FN9O2P/c1-38-17-18(15-34-38)19-13-23(25(40-2)14-24(19)39-9-11-41-12-10-39)36-29-33-16-20(30)28(37-29)35-22-6-5-21-26(27(22)42(3)4)32-8-7-31-21/h5-8,13-17H,9-12H2,1-4H3,(H2,33,35,36,37). The minimum absolute atomic E-state index is 0.0465. The van der Waals surface area contributed by atoms with E-state index in [9.17, 15) is 0 Å². The summed E-state index contributed by atoms with van der Waals surface area (Å²) in [6.45, 7) is 7.08. The summed E-state index contributed by atoms with van der Waals surface area (Å²) in [5.41, 5.74) is 5.88. The van der Waals surface area contributed by atoms with Crippen molar-refractivity contribution >= 4 is 53.1 Å². The van der Waals surface area contributed by atoms with Gasteiger partial charge in [-0.15, -0.1) is 0 Å². The maximum Gasteiger partial charge on any atom is 0.229 e. The van der Waals surface area contributed by atoms with Gasteiger partial charge in [0.1, 0.15) is 5.75 Å². The Balaban J connectivity index is 1.37. The Morgan fingerprint density at radius 2 is 1.81 bits per heavy atom. The largest absolute Gasteiger partial charge is 0.494 e. The van der Waals surface area contributed by atoms with E-state index in [0.29, 0.717) is 24.7 Å². The molecule has 0 spiro atoms. The molecular weight excluding hydrogens is 556 g/mol. The molecular formula is C29H31FN9O2P. The molecule has 1 saturated heterocycles. The van der Waals surface area contributed by atoms with Gasteiger partial charge in [0.15, 0.2) is 11.6 Å². The molecule has 216 valence electrons. The van der Waals surface area contributed by atoms with Crippen LogP contribution in [0.2, 0.25) is 0 Å². The van der Waals surface area contributed by atoms with Crippen LogP contribution in [-0.2, 0) is 11.8 Å². The summed E-state index contributed by atoms with van der Waals surface area (Å²) < 4.78 is 28.2. The first-order valence-corrected chi connectivity index (χ1v) is 15.7. The Kier molecular flexibility index (Phi) is 7.82. The molecule has 0 aliphatic carbocycles. The molecule has 1 aliphatic heterocycles. The van der Waals surface area contributed by atoms with Gasteiger partial charge in [-0.2, -0.15) is 10.1 Å². The number of benzene rings is 2. The zero-order valence-corrected chi connectivity index (χ0v) is 24.7. The Bertz CT molecular complexity index is 1740. The maximum atomic E-state index is 15.0. The Hall–Kier alpha value is -4.41. The monoisotopic (exact) mass is 587 g/mol. The van der Waals surface area contributed by atoms with Crippen LogP contribution in [0.15, 0.2) is 55.2 Å². The lowest BCUT2D eigenvalue weighted by molar-refractivity contribution is 0.122. The van der Waals surface area contributed by atoms with Gasteiger partial charge in [-0.1, -0.05) is 7.92 Å². The third-order valence-electron chi connectivity index (χ3n) is 6.99. The Labute approximate surface area is 243 Å². The van der Waals surface area contributed by atoms with Crippen LogP contribution in [0.1, 0.15) is 0 Å². The second kappa shape index (κ2) is 11.8. The fraction of sp³-hybridized carbons (Fsp3) is 0.276. The van der Waals surface area contributed by atoms with Crippen LogP contribution in [0.5, 0.6) is 5.75 Å². The number of ether oxygens (including phenoxy) is 2. The van der Waals surface area contributed by atoms with Crippen molar-refractivity contribution in [2.75, 3.05) is 62.3 Å². The molecule has 6 rings (SSSR count). The smallest absolute Gasteiger partial charge is 0.229 e. The quantitative estimate of drug-likeness (QED) is 0.249. The summed E-state index contributed by atoms with van der Waals surface area (Å²) in [6.07, 6.45) is 8.27. The topological polar surface area (TPSA) is 115 Å². The molecule has 1 fully saturated rings. The van der Waals surface area contributed by atoms with Crippen LogP contribution < -0.4 is 25.6 Å². The highest BCUT2D eigenvalue weighted by Gasteiger charge is 2.21. The van der Waals surface area contributed by atoms with E-state index in [1.54, 1.807) is 24.2 Å². The molecule has 0 saturated carbocycles. The summed E-state index contributed by atoms with van der Waals surface area (Å²) in [7, 11) is 2.91. The first-order chi connectivity index (χ1) is 20.4. The third kappa shape index (κ3) is 5.55. The molecule has 11 nitrogen and oxygen atoms in total. The van der Waals surface area contributed by atoms with Crippen LogP contribution >= 0.6 is 7.92 Å². The number of rotatable bonds is 8. The van der Waals surface area contributed by atoms with Gasteiger partial charge in [0, 0.05) is 72.6 Å². The lowest BCUT2D eigenvalue weighted by atomic mass is 10.0. The van der Waals surface area contributed by atoms with Gasteiger partial charge in [0.05, 0.1) is 49.4 Å². The number of nitrogens with one attached hydrogen (secondary N) is 2. The van der Waals surface area contributed by atoms with Crippen molar-refractivity contribution in [3.63, 3.8) is 0 Å². The summed E-state index contributed by atoms with van der Waals surface area (Å²) >= 11 is 0. The van der Waals surface area contributed by atoms with Crippen LogP contribution in [0.4, 0.5) is 33.2 Å². The minimum Gasteiger partial charge on any atom is -0.494 e. The maximum absolute atomic E-state index is 15.0. The molecule has 0 atom stereocenters. The number of nitrogens with zero attached hydrogens (tertiary/aromatic N) is 7. The Morgan fingerprint density at radius 3 is 2.55 bits per heavy atom. The number of aryl methyl sites for hydroxylation is 1. The molecule has 0 unspecified atom stereocenters. The number of halogens is 1. The van der Waals surface area contributed by atoms with E-state index in [0.717, 1.165) is 58.1 Å². The SMILES string of the molecule is COc1cc(N2CCOCC2)c(-c2cnn(C)c2)cc1Nc1ncc(F)c(Nc2ccc3nccnc3c2P(C)C)n1. The number of fused-ring (bicyclic) bond motifs is 1. The highest BCUT2D eigenvalue weighted by atomic mass is 31.1. The van der Waals surface area contributed by atoms with Gasteiger partial charge in [-0.25, -0.2) is 9.37 Å². The van der Waals surface area contributed by atoms with Crippen molar-refractivity contribution in [3.8, 4) is 16.9 Å². The molecule has 0 bridgehead atoms. The fourth-order valence-corrected chi connectivity index (χ4v) is 6.24. The average molecular weight is 588 g/mol. The van der Waals surface area contributed by atoms with Crippen LogP contribution in [0.25, 0.3) is 22.2 Å². The van der Waals surface area contributed by atoms with Gasteiger partial charge in [-0.3, -0.25) is 14.6 Å². The van der Waals surface area contributed by atoms with E-state index in [-0.39, 0.29) is 11.8 Å². The molecule has 4 heterocycles. The number of anilines is 5. The van der Waals surface area contributed by atoms with E-state index in [1.807, 2.05) is 43.7 Å². The molecule has 13 heteroatoms. The molecule has 0 radical (unpaired) electrons. The van der Waals surface area contributed by atoms with Crippen LogP contribution in [-0.4, -0.2) is 76.5 Å². The van der Waals surface area contributed by atoms with E-state index < -0.39 is 13.7 Å². The number of hydrogen-bond donors (Lipinski definition) is 2. The van der Waals surface area contributed by atoms with E-state index in [1.165, 1.54) is 0 Å². The van der Waals surface area contributed by atoms with Crippen molar-refractivity contribution in [3.05, 3.63) is 61.1 Å². The molecule has 3 aromatic heterocycles. The number of methoxy groups -OCH3 is 1. The predicted octanol–water partition coefficient (Wildman–Crippen LogP) is 4.66. The van der Waals surface area contributed by atoms with Crippen LogP contribution in [0, 0.1) is 5.82 Å². The number of hydrogen-bond acceptors (Lipinski definition) is 10. The normalized spacial score (nSPS) is 13.5. The molecule has 42 heavy (non-hydrogen) atoms. The van der Waals surface area contributed by atoms with Gasteiger partial charge in [-0.05, 0) is 31.5 Å². The summed E-state index contributed by atoms with van der Waals surface area (Å²) in [5.74, 6) is 0.286. The summed E-state index contributed by atoms with van der Waals surface area (Å²) in [6, 6.07) is 7.73. The summed E-state index contributed by atoms with van der Waals surface area (Å²) in [4.78, 5) is 20.0. The molecule has 0 amide bonds. The Morgan fingerprint density at radius 1 is 1.00 bits per heavy atom. The van der Waals surface area contributed by atoms with Gasteiger partial charge < -0.3 is 25.0 Å². The first-order valence-electron chi connectivity index (χ1n) is 13.4. The molecule has 5 aromatic rings. The average Bonchev–Trinajstić information content (AvgIpc) is 3.44. The molecule has 2 N–H and O–H groups in total. The van der Waals surface area contributed by atoms with Crippen molar-refractivity contribution < 1.29 is 13.9 Å². The first kappa shape index (κ1) is 27.7. The van der Waals surface area contributed by atoms with Gasteiger partial charge >= 0.3 is 0 Å². The number of aromatic nitrogens is 6. The fourth-order valence-electron chi connectivity index (χ4n) is 5.03. The van der Waals surface area contributed by atoms with Crippen LogP contribution in [0.3, 0.4) is 0 Å². The van der Waals surface area contributed by atoms with Crippen molar-refractivity contribution in [1.29, 1.82) is 0 Å². The van der Waals surface area contributed by atoms with Crippen molar-refractivity contribution in [2.45, 2.75) is 0 Å². The summed E-state index contributed by atoms with van der Waals surface area (Å²) in [5, 5.41) is 11.8. The highest BCUT2D eigenvalue weighted by molar-refractivity contribution is 7.65. The van der Waals surface area contributed by atoms with E-state index in [4.69, 9.17) is 9.47 Å². The second-order valence-corrected chi connectivity index (χ2v) is 12.2. The van der Waals surface area contributed by atoms with Crippen molar-refractivity contribution in [1.82, 2.24) is 29.7 Å². The zero-order valence-electron chi connectivity index (χ0n) is 23.8. The van der Waals surface area contributed by atoms with Gasteiger partial charge in [0.25, 0.3) is 0 Å². The zero-order chi connectivity index (χ0) is 29.2. The van der Waals surface area contributed by atoms with Crippen molar-refractivity contribution in [2.24, 2.45) is 7.05 Å².